The number of benzene rings is 1. The highest BCUT2D eigenvalue weighted by Crippen LogP contribution is 2.30. The van der Waals surface area contributed by atoms with Crippen LogP contribution in [0.25, 0.3) is 0 Å². The van der Waals surface area contributed by atoms with Crippen molar-refractivity contribution in [3.8, 4) is 0 Å². The number of hydrogen-bond donors (Lipinski definition) is 1. The summed E-state index contributed by atoms with van der Waals surface area (Å²) in [6.45, 7) is 3.36. The molecule has 0 aromatic heterocycles. The van der Waals surface area contributed by atoms with E-state index in [0.717, 1.165) is 16.6 Å². The van der Waals surface area contributed by atoms with Crippen molar-refractivity contribution in [2.24, 2.45) is 5.73 Å². The van der Waals surface area contributed by atoms with Crippen LogP contribution in [-0.4, -0.2) is 17.6 Å². The molecule has 1 aromatic carbocycles. The summed E-state index contributed by atoms with van der Waals surface area (Å²) < 4.78 is 1.07. The summed E-state index contributed by atoms with van der Waals surface area (Å²) in [5.41, 5.74) is 7.96. The summed E-state index contributed by atoms with van der Waals surface area (Å²) in [5.74, 6) is 0. The summed E-state index contributed by atoms with van der Waals surface area (Å²) >= 11 is 8.66. The van der Waals surface area contributed by atoms with E-state index in [1.165, 1.54) is 24.9 Å². The molecule has 2 nitrogen and oxygen atoms in total. The minimum Gasteiger partial charge on any atom is -0.389 e. The first kappa shape index (κ1) is 12.8. The molecule has 2 rings (SSSR count). The van der Waals surface area contributed by atoms with Crippen LogP contribution >= 0.6 is 28.1 Å². The summed E-state index contributed by atoms with van der Waals surface area (Å²) in [6.07, 6.45) is 3.80. The van der Waals surface area contributed by atoms with Gasteiger partial charge in [0.05, 0.1) is 0 Å². The number of hydrogen-bond acceptors (Lipinski definition) is 2. The Balaban J connectivity index is 2.41. The van der Waals surface area contributed by atoms with Crippen LogP contribution in [0.2, 0.25) is 0 Å². The molecule has 1 saturated heterocycles. The fraction of sp³-hybridized carbons (Fsp3) is 0.462. The molecule has 1 unspecified atom stereocenters. The van der Waals surface area contributed by atoms with Crippen molar-refractivity contribution in [2.75, 3.05) is 11.4 Å². The maximum atomic E-state index is 5.81. The van der Waals surface area contributed by atoms with Gasteiger partial charge in [0, 0.05) is 28.3 Å². The number of anilines is 1. The van der Waals surface area contributed by atoms with E-state index in [-0.39, 0.29) is 0 Å². The predicted molar refractivity (Wildman–Crippen MR) is 80.7 cm³/mol. The molecular weight excluding hydrogens is 296 g/mol. The molecular formula is C13H17BrN2S. The Morgan fingerprint density at radius 3 is 2.88 bits per heavy atom. The van der Waals surface area contributed by atoms with Crippen molar-refractivity contribution < 1.29 is 0 Å². The van der Waals surface area contributed by atoms with Crippen LogP contribution in [0, 0.1) is 0 Å². The summed E-state index contributed by atoms with van der Waals surface area (Å²) in [4.78, 5) is 2.90. The third-order valence-electron chi connectivity index (χ3n) is 3.34. The molecule has 0 amide bonds. The van der Waals surface area contributed by atoms with Gasteiger partial charge in [-0.15, -0.1) is 0 Å². The standard InChI is InChI=1S/C13H17BrN2S/c1-9-4-2-3-7-16(9)12-8-10(14)5-6-11(12)13(15)17/h5-6,8-9H,2-4,7H2,1H3,(H2,15,17). The molecule has 1 atom stereocenters. The highest BCUT2D eigenvalue weighted by atomic mass is 79.9. The Morgan fingerprint density at radius 2 is 2.24 bits per heavy atom. The molecule has 4 heteroatoms. The summed E-state index contributed by atoms with van der Waals surface area (Å²) in [5, 5.41) is 0. The van der Waals surface area contributed by atoms with Gasteiger partial charge in [-0.2, -0.15) is 0 Å². The number of nitrogens with two attached hydrogens (primary N) is 1. The van der Waals surface area contributed by atoms with Crippen molar-refractivity contribution in [3.63, 3.8) is 0 Å². The average molecular weight is 313 g/mol. The van der Waals surface area contributed by atoms with E-state index in [1.807, 2.05) is 12.1 Å². The third-order valence-corrected chi connectivity index (χ3v) is 4.05. The molecule has 1 aromatic rings. The molecule has 2 N–H and O–H groups in total. The predicted octanol–water partition coefficient (Wildman–Crippen LogP) is 3.46. The van der Waals surface area contributed by atoms with Gasteiger partial charge in [0.1, 0.15) is 4.99 Å². The molecule has 1 aliphatic rings. The van der Waals surface area contributed by atoms with E-state index in [1.54, 1.807) is 0 Å². The van der Waals surface area contributed by atoms with Crippen LogP contribution in [0.4, 0.5) is 5.69 Å². The van der Waals surface area contributed by atoms with Crippen LogP contribution in [0.1, 0.15) is 31.7 Å². The SMILES string of the molecule is CC1CCCCN1c1cc(Br)ccc1C(N)=S. The Morgan fingerprint density at radius 1 is 1.47 bits per heavy atom. The molecule has 1 heterocycles. The van der Waals surface area contributed by atoms with E-state index >= 15 is 0 Å². The summed E-state index contributed by atoms with van der Waals surface area (Å²) in [7, 11) is 0. The normalized spacial score (nSPS) is 20.4. The Hall–Kier alpha value is -0.610. The topological polar surface area (TPSA) is 29.3 Å². The number of piperidine rings is 1. The molecule has 0 spiro atoms. The lowest BCUT2D eigenvalue weighted by atomic mass is 10.0. The number of thiocarbonyl (C=S) groups is 1. The quantitative estimate of drug-likeness (QED) is 0.848. The van der Waals surface area contributed by atoms with Gasteiger partial charge in [-0.3, -0.25) is 0 Å². The van der Waals surface area contributed by atoms with Crippen LogP contribution in [-0.2, 0) is 0 Å². The van der Waals surface area contributed by atoms with Crippen molar-refractivity contribution in [1.82, 2.24) is 0 Å². The first-order valence-electron chi connectivity index (χ1n) is 5.95. The molecule has 0 bridgehead atoms. The van der Waals surface area contributed by atoms with Crippen LogP contribution in [0.15, 0.2) is 22.7 Å². The van der Waals surface area contributed by atoms with Gasteiger partial charge >= 0.3 is 0 Å². The zero-order valence-electron chi connectivity index (χ0n) is 9.95. The number of rotatable bonds is 2. The van der Waals surface area contributed by atoms with Crippen molar-refractivity contribution in [1.29, 1.82) is 0 Å². The lowest BCUT2D eigenvalue weighted by Gasteiger charge is -2.36. The Labute approximate surface area is 116 Å². The van der Waals surface area contributed by atoms with Crippen LogP contribution in [0.5, 0.6) is 0 Å². The van der Waals surface area contributed by atoms with E-state index in [9.17, 15) is 0 Å². The highest BCUT2D eigenvalue weighted by Gasteiger charge is 2.21. The van der Waals surface area contributed by atoms with Gasteiger partial charge < -0.3 is 10.6 Å². The lowest BCUT2D eigenvalue weighted by molar-refractivity contribution is 0.484. The zero-order valence-corrected chi connectivity index (χ0v) is 12.4. The van der Waals surface area contributed by atoms with Crippen LogP contribution in [0.3, 0.4) is 0 Å². The van der Waals surface area contributed by atoms with Gasteiger partial charge in [0.25, 0.3) is 0 Å². The van der Waals surface area contributed by atoms with E-state index in [0.29, 0.717) is 11.0 Å². The largest absolute Gasteiger partial charge is 0.389 e. The van der Waals surface area contributed by atoms with Gasteiger partial charge in [-0.25, -0.2) is 0 Å². The van der Waals surface area contributed by atoms with Crippen molar-refractivity contribution in [3.05, 3.63) is 28.2 Å². The average Bonchev–Trinajstić information content (AvgIpc) is 2.29. The minimum absolute atomic E-state index is 0.477. The smallest absolute Gasteiger partial charge is 0.106 e. The van der Waals surface area contributed by atoms with E-state index < -0.39 is 0 Å². The fourth-order valence-corrected chi connectivity index (χ4v) is 2.93. The Kier molecular flexibility index (Phi) is 4.05. The molecule has 0 radical (unpaired) electrons. The molecule has 17 heavy (non-hydrogen) atoms. The van der Waals surface area contributed by atoms with Gasteiger partial charge in [-0.05, 0) is 44.4 Å². The second-order valence-electron chi connectivity index (χ2n) is 4.56. The first-order chi connectivity index (χ1) is 8.09. The van der Waals surface area contributed by atoms with Gasteiger partial charge in [0.2, 0.25) is 0 Å². The van der Waals surface area contributed by atoms with E-state index in [4.69, 9.17) is 18.0 Å². The van der Waals surface area contributed by atoms with Gasteiger partial charge in [0.15, 0.2) is 0 Å². The molecule has 1 fully saturated rings. The molecule has 0 saturated carbocycles. The third kappa shape index (κ3) is 2.80. The number of halogens is 1. The molecule has 1 aliphatic heterocycles. The monoisotopic (exact) mass is 312 g/mol. The Bertz CT molecular complexity index is 433. The highest BCUT2D eigenvalue weighted by molar-refractivity contribution is 9.10. The van der Waals surface area contributed by atoms with Crippen LogP contribution < -0.4 is 10.6 Å². The minimum atomic E-state index is 0.477. The van der Waals surface area contributed by atoms with Crippen molar-refractivity contribution in [2.45, 2.75) is 32.2 Å². The molecule has 0 aliphatic carbocycles. The van der Waals surface area contributed by atoms with E-state index in [2.05, 4.69) is 33.8 Å². The maximum absolute atomic E-state index is 5.81. The first-order valence-corrected chi connectivity index (χ1v) is 7.15. The van der Waals surface area contributed by atoms with Crippen molar-refractivity contribution >= 4 is 38.8 Å². The number of nitrogens with zero attached hydrogens (tertiary/aromatic N) is 1. The second-order valence-corrected chi connectivity index (χ2v) is 5.92. The zero-order chi connectivity index (χ0) is 12.4. The molecule has 92 valence electrons. The lowest BCUT2D eigenvalue weighted by Crippen LogP contribution is -2.38. The summed E-state index contributed by atoms with van der Waals surface area (Å²) in [6, 6.07) is 6.68. The second kappa shape index (κ2) is 5.36. The van der Waals surface area contributed by atoms with Gasteiger partial charge in [-0.1, -0.05) is 28.1 Å². The maximum Gasteiger partial charge on any atom is 0.106 e. The fourth-order valence-electron chi connectivity index (χ4n) is 2.41.